The maximum absolute atomic E-state index is 12.7. The van der Waals surface area contributed by atoms with Crippen LogP contribution < -0.4 is 16.2 Å². The van der Waals surface area contributed by atoms with E-state index in [2.05, 4.69) is 16.2 Å². The van der Waals surface area contributed by atoms with Gasteiger partial charge in [0.25, 0.3) is 0 Å². The molecule has 1 rings (SSSR count). The van der Waals surface area contributed by atoms with E-state index in [4.69, 9.17) is 17.0 Å². The van der Waals surface area contributed by atoms with Gasteiger partial charge in [-0.25, -0.2) is 4.39 Å². The van der Waals surface area contributed by atoms with Crippen LogP contribution in [0.2, 0.25) is 0 Å². The van der Waals surface area contributed by atoms with Crippen LogP contribution in [0.4, 0.5) is 4.39 Å². The summed E-state index contributed by atoms with van der Waals surface area (Å²) >= 11 is 4.97. The molecule has 8 heteroatoms. The Bertz CT molecular complexity index is 523. The van der Waals surface area contributed by atoms with Crippen molar-refractivity contribution >= 4 is 29.2 Å². The van der Waals surface area contributed by atoms with E-state index in [1.54, 1.807) is 19.1 Å². The molecule has 0 aliphatic rings. The molecule has 0 aromatic heterocycles. The summed E-state index contributed by atoms with van der Waals surface area (Å²) in [4.78, 5) is 22.5. The van der Waals surface area contributed by atoms with Crippen LogP contribution in [0.5, 0.6) is 0 Å². The number of hydrazine groups is 1. The van der Waals surface area contributed by atoms with Crippen molar-refractivity contribution in [2.24, 2.45) is 0 Å². The highest BCUT2D eigenvalue weighted by atomic mass is 32.1. The van der Waals surface area contributed by atoms with Gasteiger partial charge in [0.05, 0.1) is 13.0 Å². The number of halogens is 1. The third-order valence-electron chi connectivity index (χ3n) is 2.54. The second-order valence-corrected chi connectivity index (χ2v) is 4.70. The van der Waals surface area contributed by atoms with E-state index in [-0.39, 0.29) is 36.3 Å². The Morgan fingerprint density at radius 2 is 1.86 bits per heavy atom. The van der Waals surface area contributed by atoms with E-state index in [0.29, 0.717) is 6.54 Å². The Labute approximate surface area is 133 Å². The van der Waals surface area contributed by atoms with Crippen molar-refractivity contribution in [3.05, 3.63) is 35.6 Å². The minimum atomic E-state index is -0.422. The Hall–Kier alpha value is -2.22. The molecule has 0 radical (unpaired) electrons. The van der Waals surface area contributed by atoms with Crippen LogP contribution in [-0.2, 0) is 20.9 Å². The number of thiocarbonyl (C=S) groups is 1. The van der Waals surface area contributed by atoms with E-state index in [1.165, 1.54) is 12.1 Å². The molecule has 0 heterocycles. The molecular formula is C14H18FN3O3S. The molecule has 0 bridgehead atoms. The van der Waals surface area contributed by atoms with Crippen molar-refractivity contribution in [1.29, 1.82) is 0 Å². The van der Waals surface area contributed by atoms with Crippen LogP contribution in [0.15, 0.2) is 24.3 Å². The van der Waals surface area contributed by atoms with Gasteiger partial charge in [-0.15, -0.1) is 0 Å². The molecule has 3 N–H and O–H groups in total. The van der Waals surface area contributed by atoms with Gasteiger partial charge in [0.1, 0.15) is 5.82 Å². The van der Waals surface area contributed by atoms with Crippen LogP contribution >= 0.6 is 12.2 Å². The smallest absolute Gasteiger partial charge is 0.306 e. The minimum absolute atomic E-state index is 0.00636. The lowest BCUT2D eigenvalue weighted by atomic mass is 10.2. The molecule has 0 saturated heterocycles. The number of hydrogen-bond donors (Lipinski definition) is 3. The van der Waals surface area contributed by atoms with Crippen molar-refractivity contribution in [2.75, 3.05) is 6.61 Å². The number of carbonyl (C=O) groups is 2. The molecule has 0 saturated carbocycles. The Morgan fingerprint density at radius 1 is 1.18 bits per heavy atom. The number of esters is 1. The zero-order chi connectivity index (χ0) is 16.4. The lowest BCUT2D eigenvalue weighted by molar-refractivity contribution is -0.144. The molecule has 1 amide bonds. The average Bonchev–Trinajstić information content (AvgIpc) is 2.50. The first-order valence-electron chi connectivity index (χ1n) is 6.74. The molecular weight excluding hydrogens is 309 g/mol. The summed E-state index contributed by atoms with van der Waals surface area (Å²) in [5.74, 6) is -1.10. The molecule has 6 nitrogen and oxygen atoms in total. The molecule has 22 heavy (non-hydrogen) atoms. The average molecular weight is 327 g/mol. The first-order valence-corrected chi connectivity index (χ1v) is 7.15. The second kappa shape index (κ2) is 9.67. The van der Waals surface area contributed by atoms with Gasteiger partial charge < -0.3 is 10.1 Å². The summed E-state index contributed by atoms with van der Waals surface area (Å²) < 4.78 is 17.4. The van der Waals surface area contributed by atoms with Crippen molar-refractivity contribution in [3.8, 4) is 0 Å². The molecule has 0 unspecified atom stereocenters. The molecule has 0 aliphatic heterocycles. The highest BCUT2D eigenvalue weighted by Crippen LogP contribution is 2.01. The third-order valence-corrected chi connectivity index (χ3v) is 2.79. The monoisotopic (exact) mass is 327 g/mol. The van der Waals surface area contributed by atoms with Gasteiger partial charge in [-0.1, -0.05) is 12.1 Å². The number of ether oxygens (including phenoxy) is 1. The molecule has 0 spiro atoms. The van der Waals surface area contributed by atoms with Crippen LogP contribution in [0.25, 0.3) is 0 Å². The molecule has 1 aromatic rings. The largest absolute Gasteiger partial charge is 0.466 e. The number of carbonyl (C=O) groups excluding carboxylic acids is 2. The maximum atomic E-state index is 12.7. The summed E-state index contributed by atoms with van der Waals surface area (Å²) in [5, 5.41) is 3.07. The highest BCUT2D eigenvalue weighted by Gasteiger charge is 2.07. The molecule has 0 atom stereocenters. The van der Waals surface area contributed by atoms with Crippen LogP contribution in [-0.4, -0.2) is 23.6 Å². The summed E-state index contributed by atoms with van der Waals surface area (Å²) in [5.41, 5.74) is 5.73. The van der Waals surface area contributed by atoms with Crippen LogP contribution in [0.3, 0.4) is 0 Å². The van der Waals surface area contributed by atoms with Crippen LogP contribution in [0.1, 0.15) is 25.3 Å². The predicted octanol–water partition coefficient (Wildman–Crippen LogP) is 1.16. The van der Waals surface area contributed by atoms with Crippen molar-refractivity contribution in [1.82, 2.24) is 16.2 Å². The second-order valence-electron chi connectivity index (χ2n) is 4.29. The van der Waals surface area contributed by atoms with Gasteiger partial charge in [0.15, 0.2) is 5.11 Å². The zero-order valence-electron chi connectivity index (χ0n) is 12.1. The molecule has 0 aliphatic carbocycles. The SMILES string of the molecule is CCOC(=O)CCC(=O)NNC(=S)NCc1ccc(F)cc1. The van der Waals surface area contributed by atoms with E-state index >= 15 is 0 Å². The third kappa shape index (κ3) is 7.53. The number of benzene rings is 1. The summed E-state index contributed by atoms with van der Waals surface area (Å²) in [6.07, 6.45) is 0.0174. The lowest BCUT2D eigenvalue weighted by Crippen LogP contribution is -2.46. The zero-order valence-corrected chi connectivity index (χ0v) is 13.0. The first-order chi connectivity index (χ1) is 10.5. The van der Waals surface area contributed by atoms with Crippen LogP contribution in [0, 0.1) is 5.82 Å². The van der Waals surface area contributed by atoms with E-state index < -0.39 is 5.97 Å². The fourth-order valence-corrected chi connectivity index (χ4v) is 1.59. The Balaban J connectivity index is 2.18. The minimum Gasteiger partial charge on any atom is -0.466 e. The molecule has 1 aromatic carbocycles. The maximum Gasteiger partial charge on any atom is 0.306 e. The summed E-state index contributed by atoms with van der Waals surface area (Å²) in [7, 11) is 0. The van der Waals surface area contributed by atoms with E-state index in [9.17, 15) is 14.0 Å². The Kier molecular flexibility index (Phi) is 7.84. The predicted molar refractivity (Wildman–Crippen MR) is 83.0 cm³/mol. The van der Waals surface area contributed by atoms with Gasteiger partial charge in [0, 0.05) is 13.0 Å². The number of hydrogen-bond acceptors (Lipinski definition) is 4. The fraction of sp³-hybridized carbons (Fsp3) is 0.357. The van der Waals surface area contributed by atoms with Crippen molar-refractivity contribution in [2.45, 2.75) is 26.3 Å². The van der Waals surface area contributed by atoms with E-state index in [0.717, 1.165) is 5.56 Å². The van der Waals surface area contributed by atoms with Crippen molar-refractivity contribution < 1.29 is 18.7 Å². The number of rotatable bonds is 6. The quantitative estimate of drug-likeness (QED) is 0.413. The number of nitrogens with one attached hydrogen (secondary N) is 3. The topological polar surface area (TPSA) is 79.5 Å². The number of amides is 1. The summed E-state index contributed by atoms with van der Waals surface area (Å²) in [6.45, 7) is 2.38. The Morgan fingerprint density at radius 3 is 2.50 bits per heavy atom. The van der Waals surface area contributed by atoms with E-state index in [1.807, 2.05) is 0 Å². The van der Waals surface area contributed by atoms with Gasteiger partial charge >= 0.3 is 5.97 Å². The fourth-order valence-electron chi connectivity index (χ4n) is 1.47. The van der Waals surface area contributed by atoms with Gasteiger partial charge in [-0.2, -0.15) is 0 Å². The summed E-state index contributed by atoms with van der Waals surface area (Å²) in [6, 6.07) is 5.96. The first kappa shape index (κ1) is 17.8. The van der Waals surface area contributed by atoms with Gasteiger partial charge in [-0.05, 0) is 36.8 Å². The standard InChI is InChI=1S/C14H18FN3O3S/c1-2-21-13(20)8-7-12(19)17-18-14(22)16-9-10-3-5-11(15)6-4-10/h3-6H,2,7-9H2,1H3,(H,17,19)(H2,16,18,22). The highest BCUT2D eigenvalue weighted by molar-refractivity contribution is 7.80. The molecule has 0 fully saturated rings. The van der Waals surface area contributed by atoms with Gasteiger partial charge in [0.2, 0.25) is 5.91 Å². The van der Waals surface area contributed by atoms with Gasteiger partial charge in [-0.3, -0.25) is 20.4 Å². The lowest BCUT2D eigenvalue weighted by Gasteiger charge is -2.11. The molecule has 120 valence electrons. The van der Waals surface area contributed by atoms with Crippen molar-refractivity contribution in [3.63, 3.8) is 0 Å². The normalized spacial score (nSPS) is 9.73.